The van der Waals surface area contributed by atoms with E-state index >= 15 is 0 Å². The van der Waals surface area contributed by atoms with E-state index in [1.807, 2.05) is 9.12 Å². The van der Waals surface area contributed by atoms with Gasteiger partial charge in [0.1, 0.15) is 0 Å². The first kappa shape index (κ1) is 16.4. The first-order chi connectivity index (χ1) is 1.00. The van der Waals surface area contributed by atoms with E-state index in [1.54, 1.807) is 0 Å². The average Bonchev–Trinajstić information content (AvgIpc) is 1.00. The van der Waals surface area contributed by atoms with Gasteiger partial charge in [-0.1, -0.05) is 0 Å². The molecule has 0 aromatic heterocycles. The van der Waals surface area contributed by atoms with E-state index < -0.39 is 0 Å². The molecule has 0 N–H and O–H groups in total. The van der Waals surface area contributed by atoms with Crippen LogP contribution in [0.3, 0.4) is 0 Å². The fourth-order valence-electron chi connectivity index (χ4n) is 0. The summed E-state index contributed by atoms with van der Waals surface area (Å²) in [6.07, 6.45) is 0. The van der Waals surface area contributed by atoms with Crippen LogP contribution in [0.5, 0.6) is 0 Å². The Bertz CT molecular complexity index is 8.00. The van der Waals surface area contributed by atoms with Gasteiger partial charge in [0, 0.05) is 52.1 Å². The molecule has 3 radical (unpaired) electrons. The molecular formula is H2BLaNiP. The van der Waals surface area contributed by atoms with Gasteiger partial charge in [-0.05, 0) is 0 Å². The zero-order chi connectivity index (χ0) is 2.00. The molecule has 1 atom stereocenters. The van der Waals surface area contributed by atoms with Crippen LogP contribution >= 0.6 is 9.12 Å². The summed E-state index contributed by atoms with van der Waals surface area (Å²) >= 11 is 0. The SMILES string of the molecule is [B]P.[La].[Ni]. The van der Waals surface area contributed by atoms with E-state index in [-0.39, 0.29) is 52.1 Å². The fraction of sp³-hybridized carbons (Fsp3) is 0. The van der Waals surface area contributed by atoms with Gasteiger partial charge in [-0.3, -0.25) is 0 Å². The molecule has 4 heavy (non-hydrogen) atoms. The molecule has 0 aromatic carbocycles. The maximum atomic E-state index is 4.42. The van der Waals surface area contributed by atoms with Crippen LogP contribution in [-0.4, -0.2) is 7.57 Å². The molecule has 0 aliphatic rings. The summed E-state index contributed by atoms with van der Waals surface area (Å²) in [4.78, 5) is 0. The van der Waals surface area contributed by atoms with E-state index in [0.717, 1.165) is 0 Å². The summed E-state index contributed by atoms with van der Waals surface area (Å²) in [5.41, 5.74) is 0. The minimum Gasteiger partial charge on any atom is -0.187 e. The number of hydrogen-bond donors (Lipinski definition) is 0. The Hall–Kier alpha value is 2.18. The Labute approximate surface area is 68.0 Å². The van der Waals surface area contributed by atoms with Crippen molar-refractivity contribution in [3.05, 3.63) is 0 Å². The molecule has 0 nitrogen and oxygen atoms in total. The molecule has 0 amide bonds. The molecule has 0 fully saturated rings. The Morgan fingerprint density at radius 3 is 1.25 bits per heavy atom. The van der Waals surface area contributed by atoms with Crippen LogP contribution in [0.4, 0.5) is 0 Å². The fourth-order valence-corrected chi connectivity index (χ4v) is 0. The van der Waals surface area contributed by atoms with E-state index in [2.05, 4.69) is 7.57 Å². The van der Waals surface area contributed by atoms with Crippen LogP contribution in [0.15, 0.2) is 0 Å². The van der Waals surface area contributed by atoms with Crippen molar-refractivity contribution in [1.29, 1.82) is 0 Å². The number of hydrogen-bond acceptors (Lipinski definition) is 0. The van der Waals surface area contributed by atoms with Gasteiger partial charge in [0.15, 0.2) is 0 Å². The van der Waals surface area contributed by atoms with E-state index in [4.69, 9.17) is 0 Å². The molecule has 0 rings (SSSR count). The zero-order valence-corrected chi connectivity index (χ0v) is 7.82. The second-order valence-corrected chi connectivity index (χ2v) is 0. The molecule has 23 valence electrons. The summed E-state index contributed by atoms with van der Waals surface area (Å²) < 4.78 is 0. The quantitative estimate of drug-likeness (QED) is 0.412. The third kappa shape index (κ3) is 8.89. The van der Waals surface area contributed by atoms with E-state index in [1.165, 1.54) is 0 Å². The molecule has 0 aliphatic heterocycles. The maximum Gasteiger partial charge on any atom is 0.0996 e. The first-order valence-corrected chi connectivity index (χ1v) is 1.00. The molecule has 0 aromatic rings. The molecular weight excluding hydrogens is 239 g/mol. The Morgan fingerprint density at radius 1 is 1.25 bits per heavy atom. The molecule has 1 unspecified atom stereocenters. The minimum absolute atomic E-state index is 0. The Balaban J connectivity index is -0.00000000500. The first-order valence-electron chi connectivity index (χ1n) is 0.333. The van der Waals surface area contributed by atoms with Crippen LogP contribution < -0.4 is 0 Å². The van der Waals surface area contributed by atoms with Gasteiger partial charge in [-0.25, -0.2) is 0 Å². The smallest absolute Gasteiger partial charge is 0.0996 e. The standard InChI is InChI=1S/BH2P.La.Ni/c1-2;;/h2H2;;. The van der Waals surface area contributed by atoms with Gasteiger partial charge >= 0.3 is 0 Å². The summed E-state index contributed by atoms with van der Waals surface area (Å²) in [6, 6.07) is 0. The summed E-state index contributed by atoms with van der Waals surface area (Å²) in [5.74, 6) is 0. The number of rotatable bonds is 0. The van der Waals surface area contributed by atoms with Gasteiger partial charge in [-0.15, -0.1) is 0 Å². The molecule has 0 bridgehead atoms. The van der Waals surface area contributed by atoms with Crippen molar-refractivity contribution >= 4 is 16.7 Å². The third-order valence-electron chi connectivity index (χ3n) is 0. The van der Waals surface area contributed by atoms with Crippen molar-refractivity contribution in [2.45, 2.75) is 0 Å². The second-order valence-electron chi connectivity index (χ2n) is 0. The predicted molar refractivity (Wildman–Crippen MR) is 15.5 cm³/mol. The normalized spacial score (nSPS) is 1.25. The van der Waals surface area contributed by atoms with Gasteiger partial charge in [-0.2, -0.15) is 9.12 Å². The van der Waals surface area contributed by atoms with Crippen molar-refractivity contribution in [3.63, 3.8) is 0 Å². The van der Waals surface area contributed by atoms with Crippen molar-refractivity contribution in [1.82, 2.24) is 0 Å². The van der Waals surface area contributed by atoms with E-state index in [0.29, 0.717) is 0 Å². The van der Waals surface area contributed by atoms with Gasteiger partial charge in [0.25, 0.3) is 0 Å². The van der Waals surface area contributed by atoms with Crippen LogP contribution in [0, 0.1) is 35.6 Å². The van der Waals surface area contributed by atoms with Crippen molar-refractivity contribution < 1.29 is 52.1 Å². The molecule has 0 aliphatic carbocycles. The molecule has 0 spiro atoms. The van der Waals surface area contributed by atoms with Gasteiger partial charge in [0.2, 0.25) is 0 Å². The summed E-state index contributed by atoms with van der Waals surface area (Å²) in [7, 11) is 6.33. The maximum absolute atomic E-state index is 4.42. The van der Waals surface area contributed by atoms with Crippen LogP contribution in [0.2, 0.25) is 0 Å². The molecule has 4 heteroatoms. The molecule has 0 heterocycles. The average molecular weight is 241 g/mol. The largest absolute Gasteiger partial charge is 0.187 e. The van der Waals surface area contributed by atoms with Crippen LogP contribution in [0.25, 0.3) is 0 Å². The van der Waals surface area contributed by atoms with Crippen molar-refractivity contribution in [2.24, 2.45) is 0 Å². The topological polar surface area (TPSA) is 0 Å². The third-order valence-corrected chi connectivity index (χ3v) is 0. The van der Waals surface area contributed by atoms with E-state index in [9.17, 15) is 0 Å². The Kier molecular flexibility index (Phi) is 78.0. The summed E-state index contributed by atoms with van der Waals surface area (Å²) in [5, 5.41) is 0. The Morgan fingerprint density at radius 2 is 1.25 bits per heavy atom. The second kappa shape index (κ2) is 19.0. The minimum atomic E-state index is 0. The van der Waals surface area contributed by atoms with Gasteiger partial charge < -0.3 is 0 Å². The van der Waals surface area contributed by atoms with Gasteiger partial charge in [0.05, 0.1) is 7.57 Å². The van der Waals surface area contributed by atoms with Crippen molar-refractivity contribution in [3.8, 4) is 0 Å². The summed E-state index contributed by atoms with van der Waals surface area (Å²) in [6.45, 7) is 0. The molecule has 0 saturated carbocycles. The monoisotopic (exact) mass is 241 g/mol. The molecule has 0 saturated heterocycles. The zero-order valence-electron chi connectivity index (χ0n) is 2.05. The van der Waals surface area contributed by atoms with Crippen LogP contribution in [0.1, 0.15) is 0 Å². The predicted octanol–water partition coefficient (Wildman–Crippen LogP) is -0.0575. The van der Waals surface area contributed by atoms with Crippen LogP contribution in [-0.2, 0) is 16.5 Å². The van der Waals surface area contributed by atoms with Crippen molar-refractivity contribution in [2.75, 3.05) is 0 Å².